The fourth-order valence-electron chi connectivity index (χ4n) is 2.83. The molecule has 0 spiro atoms. The third-order valence-corrected chi connectivity index (χ3v) is 4.06. The molecule has 1 heterocycles. The molecule has 1 saturated carbocycles. The maximum absolute atomic E-state index is 5.68. The minimum atomic E-state index is 0.512. The summed E-state index contributed by atoms with van der Waals surface area (Å²) in [5, 5.41) is 4.16. The molecule has 2 N–H and O–H groups in total. The molecule has 1 aliphatic rings. The van der Waals surface area contributed by atoms with Crippen LogP contribution in [-0.2, 0) is 12.8 Å². The molecule has 20 heavy (non-hydrogen) atoms. The summed E-state index contributed by atoms with van der Waals surface area (Å²) in [4.78, 5) is 4.56. The van der Waals surface area contributed by atoms with Gasteiger partial charge in [0.15, 0.2) is 5.82 Å². The Morgan fingerprint density at radius 1 is 1.05 bits per heavy atom. The summed E-state index contributed by atoms with van der Waals surface area (Å²) in [5.41, 5.74) is 7.72. The van der Waals surface area contributed by atoms with Crippen LogP contribution in [0.4, 0.5) is 5.69 Å². The van der Waals surface area contributed by atoms with Crippen molar-refractivity contribution in [2.24, 2.45) is 0 Å². The molecule has 1 aliphatic carbocycles. The van der Waals surface area contributed by atoms with E-state index in [-0.39, 0.29) is 0 Å². The van der Waals surface area contributed by atoms with Gasteiger partial charge in [-0.2, -0.15) is 4.98 Å². The molecule has 4 nitrogen and oxygen atoms in total. The van der Waals surface area contributed by atoms with Crippen molar-refractivity contribution in [2.45, 2.75) is 50.9 Å². The number of hydrogen-bond donors (Lipinski definition) is 1. The lowest BCUT2D eigenvalue weighted by atomic mass is 9.89. The quantitative estimate of drug-likeness (QED) is 0.864. The van der Waals surface area contributed by atoms with Crippen LogP contribution in [0.3, 0.4) is 0 Å². The highest BCUT2D eigenvalue weighted by Gasteiger charge is 2.20. The first-order valence-electron chi connectivity index (χ1n) is 7.48. The summed E-state index contributed by atoms with van der Waals surface area (Å²) in [6, 6.07) is 7.95. The molecule has 2 aromatic rings. The topological polar surface area (TPSA) is 64.9 Å². The van der Waals surface area contributed by atoms with Crippen LogP contribution in [0.1, 0.15) is 55.3 Å². The predicted molar refractivity (Wildman–Crippen MR) is 78.4 cm³/mol. The molecule has 4 heteroatoms. The van der Waals surface area contributed by atoms with E-state index in [9.17, 15) is 0 Å². The van der Waals surface area contributed by atoms with Crippen LogP contribution in [0, 0.1) is 0 Å². The van der Waals surface area contributed by atoms with Crippen LogP contribution in [-0.4, -0.2) is 10.1 Å². The molecule has 0 bridgehead atoms. The fraction of sp³-hybridized carbons (Fsp3) is 0.500. The SMILES string of the molecule is Nc1ccc(CCc2nc(C3CCCCC3)no2)cc1. The van der Waals surface area contributed by atoms with Gasteiger partial charge in [0.1, 0.15) is 0 Å². The Balaban J connectivity index is 1.58. The molecular formula is C16H21N3O. The van der Waals surface area contributed by atoms with Crippen molar-refractivity contribution >= 4 is 5.69 Å². The van der Waals surface area contributed by atoms with E-state index in [1.165, 1.54) is 37.7 Å². The molecule has 0 amide bonds. The predicted octanol–water partition coefficient (Wildman–Crippen LogP) is 3.48. The minimum Gasteiger partial charge on any atom is -0.399 e. The van der Waals surface area contributed by atoms with Gasteiger partial charge in [-0.3, -0.25) is 0 Å². The van der Waals surface area contributed by atoms with E-state index >= 15 is 0 Å². The van der Waals surface area contributed by atoms with Crippen molar-refractivity contribution in [1.29, 1.82) is 0 Å². The van der Waals surface area contributed by atoms with Gasteiger partial charge in [0.25, 0.3) is 0 Å². The molecule has 3 rings (SSSR count). The molecule has 0 aliphatic heterocycles. The van der Waals surface area contributed by atoms with Gasteiger partial charge in [-0.05, 0) is 37.0 Å². The van der Waals surface area contributed by atoms with E-state index in [2.05, 4.69) is 10.1 Å². The van der Waals surface area contributed by atoms with Crippen molar-refractivity contribution in [3.63, 3.8) is 0 Å². The summed E-state index contributed by atoms with van der Waals surface area (Å²) >= 11 is 0. The summed E-state index contributed by atoms with van der Waals surface area (Å²) in [7, 11) is 0. The highest BCUT2D eigenvalue weighted by molar-refractivity contribution is 5.39. The Kier molecular flexibility index (Phi) is 4.00. The summed E-state index contributed by atoms with van der Waals surface area (Å²) in [6.45, 7) is 0. The minimum absolute atomic E-state index is 0.512. The maximum Gasteiger partial charge on any atom is 0.226 e. The Bertz CT molecular complexity index is 541. The largest absolute Gasteiger partial charge is 0.399 e. The molecule has 0 radical (unpaired) electrons. The van der Waals surface area contributed by atoms with Gasteiger partial charge in [0.05, 0.1) is 0 Å². The van der Waals surface area contributed by atoms with Gasteiger partial charge in [-0.15, -0.1) is 0 Å². The Morgan fingerprint density at radius 2 is 1.80 bits per heavy atom. The zero-order chi connectivity index (χ0) is 13.8. The molecule has 106 valence electrons. The van der Waals surface area contributed by atoms with E-state index in [0.29, 0.717) is 5.92 Å². The first kappa shape index (κ1) is 13.2. The molecular weight excluding hydrogens is 250 g/mol. The number of aromatic nitrogens is 2. The first-order chi connectivity index (χ1) is 9.81. The van der Waals surface area contributed by atoms with Gasteiger partial charge < -0.3 is 10.3 Å². The van der Waals surface area contributed by atoms with Gasteiger partial charge in [0.2, 0.25) is 5.89 Å². The number of nitrogen functional groups attached to an aromatic ring is 1. The molecule has 0 atom stereocenters. The summed E-state index contributed by atoms with van der Waals surface area (Å²) in [5.74, 6) is 2.18. The highest BCUT2D eigenvalue weighted by atomic mass is 16.5. The zero-order valence-corrected chi connectivity index (χ0v) is 11.7. The van der Waals surface area contributed by atoms with E-state index in [1.807, 2.05) is 24.3 Å². The molecule has 1 aromatic carbocycles. The zero-order valence-electron chi connectivity index (χ0n) is 11.7. The van der Waals surface area contributed by atoms with Crippen molar-refractivity contribution < 1.29 is 4.52 Å². The van der Waals surface area contributed by atoms with E-state index in [4.69, 9.17) is 10.3 Å². The third-order valence-electron chi connectivity index (χ3n) is 4.06. The van der Waals surface area contributed by atoms with Crippen LogP contribution in [0.25, 0.3) is 0 Å². The van der Waals surface area contributed by atoms with E-state index in [0.717, 1.165) is 30.2 Å². The number of nitrogens with two attached hydrogens (primary N) is 1. The number of aryl methyl sites for hydroxylation is 2. The van der Waals surface area contributed by atoms with Crippen LogP contribution in [0.2, 0.25) is 0 Å². The van der Waals surface area contributed by atoms with Crippen molar-refractivity contribution in [3.8, 4) is 0 Å². The van der Waals surface area contributed by atoms with Crippen LogP contribution < -0.4 is 5.73 Å². The first-order valence-corrected chi connectivity index (χ1v) is 7.48. The number of anilines is 1. The van der Waals surface area contributed by atoms with Crippen molar-refractivity contribution in [2.75, 3.05) is 5.73 Å². The third kappa shape index (κ3) is 3.18. The molecule has 1 fully saturated rings. The van der Waals surface area contributed by atoms with Crippen LogP contribution in [0.15, 0.2) is 28.8 Å². The van der Waals surface area contributed by atoms with Gasteiger partial charge in [-0.25, -0.2) is 0 Å². The standard InChI is InChI=1S/C16H21N3O/c17-14-9-6-12(7-10-14)8-11-15-18-16(19-20-15)13-4-2-1-3-5-13/h6-7,9-10,13H,1-5,8,11,17H2. The molecule has 0 saturated heterocycles. The Hall–Kier alpha value is -1.84. The van der Waals surface area contributed by atoms with Gasteiger partial charge in [0, 0.05) is 18.0 Å². The average molecular weight is 271 g/mol. The van der Waals surface area contributed by atoms with Gasteiger partial charge in [-0.1, -0.05) is 36.6 Å². The fourth-order valence-corrected chi connectivity index (χ4v) is 2.83. The molecule has 0 unspecified atom stereocenters. The number of nitrogens with zero attached hydrogens (tertiary/aromatic N) is 2. The van der Waals surface area contributed by atoms with Crippen molar-refractivity contribution in [1.82, 2.24) is 10.1 Å². The molecule has 1 aromatic heterocycles. The lowest BCUT2D eigenvalue weighted by molar-refractivity contribution is 0.358. The Labute approximate surface area is 119 Å². The highest BCUT2D eigenvalue weighted by Crippen LogP contribution is 2.30. The second-order valence-corrected chi connectivity index (χ2v) is 5.62. The lowest BCUT2D eigenvalue weighted by Crippen LogP contribution is -2.06. The van der Waals surface area contributed by atoms with Crippen LogP contribution >= 0.6 is 0 Å². The lowest BCUT2D eigenvalue weighted by Gasteiger charge is -2.17. The van der Waals surface area contributed by atoms with Crippen LogP contribution in [0.5, 0.6) is 0 Å². The Morgan fingerprint density at radius 3 is 2.55 bits per heavy atom. The number of hydrogen-bond acceptors (Lipinski definition) is 4. The second kappa shape index (κ2) is 6.07. The number of rotatable bonds is 4. The van der Waals surface area contributed by atoms with E-state index < -0.39 is 0 Å². The average Bonchev–Trinajstić information content (AvgIpc) is 2.97. The summed E-state index contributed by atoms with van der Waals surface area (Å²) in [6.07, 6.45) is 8.04. The maximum atomic E-state index is 5.68. The van der Waals surface area contributed by atoms with Gasteiger partial charge >= 0.3 is 0 Å². The second-order valence-electron chi connectivity index (χ2n) is 5.62. The monoisotopic (exact) mass is 271 g/mol. The van der Waals surface area contributed by atoms with E-state index in [1.54, 1.807) is 0 Å². The normalized spacial score (nSPS) is 16.4. The smallest absolute Gasteiger partial charge is 0.226 e. The van der Waals surface area contributed by atoms with Crippen molar-refractivity contribution in [3.05, 3.63) is 41.5 Å². The number of benzene rings is 1. The summed E-state index contributed by atoms with van der Waals surface area (Å²) < 4.78 is 5.38.